The number of hydrogen-bond donors (Lipinski definition) is 0. The molecule has 0 atom stereocenters. The molecule has 0 saturated heterocycles. The number of hydrogen-bond acceptors (Lipinski definition) is 2. The fourth-order valence-corrected chi connectivity index (χ4v) is 4.46. The summed E-state index contributed by atoms with van der Waals surface area (Å²) in [5.41, 5.74) is 0. The predicted molar refractivity (Wildman–Crippen MR) is 151 cm³/mol. The smallest absolute Gasteiger partial charge is 0.126 e. The van der Waals surface area contributed by atoms with Crippen molar-refractivity contribution in [3.05, 3.63) is 22.6 Å². The van der Waals surface area contributed by atoms with Crippen LogP contribution in [0.4, 0.5) is 0 Å². The maximum atomic E-state index is 6.00. The molecule has 1 rings (SSSR count). The van der Waals surface area contributed by atoms with Gasteiger partial charge in [0.1, 0.15) is 11.5 Å². The maximum absolute atomic E-state index is 6.00. The first-order chi connectivity index (χ1) is 16.7. The molecular formula is C32H56O2. The molecule has 196 valence electrons. The first kappa shape index (κ1) is 30.6. The van der Waals surface area contributed by atoms with Crippen molar-refractivity contribution in [3.8, 4) is 11.5 Å². The van der Waals surface area contributed by atoms with Crippen LogP contribution in [-0.2, 0) is 0 Å². The molecule has 0 unspecified atom stereocenters. The van der Waals surface area contributed by atoms with Crippen molar-refractivity contribution in [1.82, 2.24) is 0 Å². The van der Waals surface area contributed by atoms with E-state index in [4.69, 9.17) is 9.47 Å². The Bertz CT molecular complexity index is 621. The zero-order valence-electron chi connectivity index (χ0n) is 22.9. The minimum absolute atomic E-state index is 0.761. The molecule has 0 radical (unpaired) electrons. The lowest BCUT2D eigenvalue weighted by molar-refractivity contribution is 0.292. The highest BCUT2D eigenvalue weighted by atomic mass is 16.5. The number of unbranched alkanes of at least 4 members (excludes halogenated alkanes) is 18. The van der Waals surface area contributed by atoms with E-state index in [1.54, 1.807) is 0 Å². The van der Waals surface area contributed by atoms with E-state index in [-0.39, 0.29) is 0 Å². The molecule has 0 amide bonds. The van der Waals surface area contributed by atoms with Crippen molar-refractivity contribution in [2.45, 2.75) is 142 Å². The van der Waals surface area contributed by atoms with Crippen molar-refractivity contribution in [1.29, 1.82) is 0 Å². The van der Waals surface area contributed by atoms with Crippen LogP contribution in [0.3, 0.4) is 0 Å². The quantitative estimate of drug-likeness (QED) is 0.140. The summed E-state index contributed by atoms with van der Waals surface area (Å²) < 4.78 is 12.0. The minimum atomic E-state index is 0.761. The second-order valence-electron chi connectivity index (χ2n) is 10.1. The van der Waals surface area contributed by atoms with Crippen molar-refractivity contribution < 1.29 is 9.47 Å². The molecule has 0 fully saturated rings. The molecule has 1 aromatic carbocycles. The van der Waals surface area contributed by atoms with Crippen LogP contribution in [0.2, 0.25) is 0 Å². The molecule has 2 nitrogen and oxygen atoms in total. The minimum Gasteiger partial charge on any atom is -0.493 e. The van der Waals surface area contributed by atoms with Crippen LogP contribution in [0.1, 0.15) is 142 Å². The first-order valence-electron chi connectivity index (χ1n) is 14.8. The van der Waals surface area contributed by atoms with Crippen LogP contribution in [0, 0.1) is 0 Å². The molecule has 34 heavy (non-hydrogen) atoms. The monoisotopic (exact) mass is 472 g/mol. The Kier molecular flexibility index (Phi) is 19.8. The van der Waals surface area contributed by atoms with Gasteiger partial charge in [0.15, 0.2) is 0 Å². The van der Waals surface area contributed by atoms with E-state index in [1.165, 1.54) is 116 Å². The van der Waals surface area contributed by atoms with Gasteiger partial charge in [-0.2, -0.15) is 0 Å². The van der Waals surface area contributed by atoms with Crippen LogP contribution >= 0.6 is 0 Å². The van der Waals surface area contributed by atoms with E-state index in [0.717, 1.165) is 48.0 Å². The van der Waals surface area contributed by atoms with Gasteiger partial charge in [0.2, 0.25) is 0 Å². The summed E-state index contributed by atoms with van der Waals surface area (Å²) >= 11 is 0. The van der Waals surface area contributed by atoms with Crippen molar-refractivity contribution in [2.75, 3.05) is 13.2 Å². The highest BCUT2D eigenvalue weighted by Crippen LogP contribution is 2.13. The van der Waals surface area contributed by atoms with Crippen LogP contribution < -0.4 is 19.9 Å². The average Bonchev–Trinajstić information content (AvgIpc) is 2.83. The number of ether oxygens (including phenoxy) is 2. The van der Waals surface area contributed by atoms with Gasteiger partial charge in [-0.25, -0.2) is 0 Å². The summed E-state index contributed by atoms with van der Waals surface area (Å²) in [6, 6.07) is 3.99. The zero-order chi connectivity index (χ0) is 24.7. The van der Waals surface area contributed by atoms with Gasteiger partial charge >= 0.3 is 0 Å². The van der Waals surface area contributed by atoms with E-state index in [9.17, 15) is 0 Å². The van der Waals surface area contributed by atoms with Gasteiger partial charge in [0.25, 0.3) is 0 Å². The normalized spacial score (nSPS) is 11.1. The Hall–Kier alpha value is -1.44. The second kappa shape index (κ2) is 22.1. The molecule has 0 heterocycles. The standard InChI is InChI=1S/C32H56O2/c1-5-7-9-11-13-15-17-19-21-23-25-33-31-27-30(4)32(28-29(31)3)34-26-24-22-20-18-16-14-12-10-8-6-2/h27-28H,3-26H2,1-2H3. The lowest BCUT2D eigenvalue weighted by Gasteiger charge is -2.11. The van der Waals surface area contributed by atoms with Crippen molar-refractivity contribution in [2.24, 2.45) is 0 Å². The van der Waals surface area contributed by atoms with Gasteiger partial charge in [0.05, 0.1) is 13.2 Å². The van der Waals surface area contributed by atoms with Crippen molar-refractivity contribution in [3.63, 3.8) is 0 Å². The molecule has 0 aliphatic heterocycles. The molecule has 0 saturated carbocycles. The summed E-state index contributed by atoms with van der Waals surface area (Å²) in [5, 5.41) is 1.80. The molecule has 0 spiro atoms. The van der Waals surface area contributed by atoms with E-state index >= 15 is 0 Å². The fraction of sp³-hybridized carbons (Fsp3) is 0.750. The van der Waals surface area contributed by atoms with Crippen molar-refractivity contribution >= 4 is 13.2 Å². The highest BCUT2D eigenvalue weighted by molar-refractivity contribution is 5.38. The first-order valence-corrected chi connectivity index (χ1v) is 14.8. The van der Waals surface area contributed by atoms with E-state index in [0.29, 0.717) is 0 Å². The summed E-state index contributed by atoms with van der Waals surface area (Å²) in [6.45, 7) is 14.4. The Morgan fingerprint density at radius 2 is 0.706 bits per heavy atom. The maximum Gasteiger partial charge on any atom is 0.126 e. The third-order valence-corrected chi connectivity index (χ3v) is 6.75. The molecule has 2 heteroatoms. The lowest BCUT2D eigenvalue weighted by Crippen LogP contribution is -2.16. The molecule has 0 N–H and O–H groups in total. The Morgan fingerprint density at radius 1 is 0.441 bits per heavy atom. The second-order valence-corrected chi connectivity index (χ2v) is 10.1. The largest absolute Gasteiger partial charge is 0.493 e. The molecule has 0 aliphatic rings. The average molecular weight is 473 g/mol. The molecule has 0 bridgehead atoms. The van der Waals surface area contributed by atoms with Gasteiger partial charge in [0, 0.05) is 10.4 Å². The Balaban J connectivity index is 2.09. The topological polar surface area (TPSA) is 18.5 Å². The van der Waals surface area contributed by atoms with E-state index in [2.05, 4.69) is 27.0 Å². The van der Waals surface area contributed by atoms with Gasteiger partial charge in [-0.05, 0) is 25.0 Å². The van der Waals surface area contributed by atoms with Gasteiger partial charge in [-0.3, -0.25) is 0 Å². The summed E-state index contributed by atoms with van der Waals surface area (Å²) in [7, 11) is 0. The van der Waals surface area contributed by atoms with E-state index < -0.39 is 0 Å². The zero-order valence-corrected chi connectivity index (χ0v) is 22.9. The van der Waals surface area contributed by atoms with Crippen LogP contribution in [-0.4, -0.2) is 13.2 Å². The summed E-state index contributed by atoms with van der Waals surface area (Å²) in [6.07, 6.45) is 26.8. The third kappa shape index (κ3) is 16.2. The third-order valence-electron chi connectivity index (χ3n) is 6.75. The molecule has 0 aromatic heterocycles. The Labute approximate surface area is 212 Å². The molecular weight excluding hydrogens is 416 g/mol. The Morgan fingerprint density at radius 3 is 1.00 bits per heavy atom. The number of rotatable bonds is 24. The molecule has 0 aliphatic carbocycles. The summed E-state index contributed by atoms with van der Waals surface area (Å²) in [4.78, 5) is 0. The van der Waals surface area contributed by atoms with E-state index in [1.807, 2.05) is 12.1 Å². The highest BCUT2D eigenvalue weighted by Gasteiger charge is 2.02. The lowest BCUT2D eigenvalue weighted by atomic mass is 10.1. The van der Waals surface area contributed by atoms with Gasteiger partial charge < -0.3 is 9.47 Å². The van der Waals surface area contributed by atoms with Gasteiger partial charge in [-0.1, -0.05) is 143 Å². The molecule has 1 aromatic rings. The predicted octanol–water partition coefficient (Wildman–Crippen LogP) is 9.11. The van der Waals surface area contributed by atoms with Crippen LogP contribution in [0.25, 0.3) is 13.2 Å². The fourth-order valence-electron chi connectivity index (χ4n) is 4.46. The number of benzene rings is 1. The van der Waals surface area contributed by atoms with Crippen LogP contribution in [0.15, 0.2) is 12.1 Å². The summed E-state index contributed by atoms with van der Waals surface area (Å²) in [5.74, 6) is 1.71. The van der Waals surface area contributed by atoms with Gasteiger partial charge in [-0.15, -0.1) is 0 Å². The SMILES string of the molecule is C=c1cc(OCCCCCCCCCCCC)c(=C)cc1OCCCCCCCCCCCC. The van der Waals surface area contributed by atoms with Crippen LogP contribution in [0.5, 0.6) is 11.5 Å².